The standard InChI is InChI=1S/C15H28O2/c1-12(11-15(2,3)4)10-14(16)17-13-8-6-5-7-9-13/h12-13H,5-11H2,1-4H3. The minimum Gasteiger partial charge on any atom is -0.462 e. The number of carbonyl (C=O) groups excluding carboxylic acids is 1. The smallest absolute Gasteiger partial charge is 0.306 e. The van der Waals surface area contributed by atoms with Crippen LogP contribution in [-0.4, -0.2) is 12.1 Å². The number of hydrogen-bond donors (Lipinski definition) is 0. The van der Waals surface area contributed by atoms with Crippen molar-refractivity contribution in [2.45, 2.75) is 78.7 Å². The summed E-state index contributed by atoms with van der Waals surface area (Å²) in [5.74, 6) is 0.430. The zero-order chi connectivity index (χ0) is 12.9. The van der Waals surface area contributed by atoms with Crippen molar-refractivity contribution in [3.8, 4) is 0 Å². The topological polar surface area (TPSA) is 26.3 Å². The molecule has 1 saturated carbocycles. The second-order valence-corrected chi connectivity index (χ2v) is 6.82. The lowest BCUT2D eigenvalue weighted by Crippen LogP contribution is -2.23. The van der Waals surface area contributed by atoms with Gasteiger partial charge in [0.15, 0.2) is 0 Å². The van der Waals surface area contributed by atoms with Gasteiger partial charge < -0.3 is 4.74 Å². The van der Waals surface area contributed by atoms with Crippen LogP contribution >= 0.6 is 0 Å². The van der Waals surface area contributed by atoms with Gasteiger partial charge in [-0.15, -0.1) is 0 Å². The van der Waals surface area contributed by atoms with E-state index in [9.17, 15) is 4.79 Å². The van der Waals surface area contributed by atoms with E-state index in [1.165, 1.54) is 19.3 Å². The third kappa shape index (κ3) is 6.70. The first-order chi connectivity index (χ1) is 7.87. The molecule has 2 heteroatoms. The molecule has 1 aliphatic carbocycles. The summed E-state index contributed by atoms with van der Waals surface area (Å²) in [6.07, 6.45) is 7.73. The fourth-order valence-corrected chi connectivity index (χ4v) is 2.82. The highest BCUT2D eigenvalue weighted by molar-refractivity contribution is 5.69. The Morgan fingerprint density at radius 1 is 1.24 bits per heavy atom. The van der Waals surface area contributed by atoms with Gasteiger partial charge in [0.1, 0.15) is 6.10 Å². The minimum atomic E-state index is 0.00801. The zero-order valence-corrected chi connectivity index (χ0v) is 11.9. The molecule has 0 aliphatic heterocycles. The maximum atomic E-state index is 11.8. The largest absolute Gasteiger partial charge is 0.462 e. The fourth-order valence-electron chi connectivity index (χ4n) is 2.82. The summed E-state index contributed by atoms with van der Waals surface area (Å²) in [4.78, 5) is 11.8. The van der Waals surface area contributed by atoms with E-state index in [1.807, 2.05) is 0 Å². The van der Waals surface area contributed by atoms with Crippen LogP contribution in [-0.2, 0) is 9.53 Å². The molecule has 0 amide bonds. The van der Waals surface area contributed by atoms with Gasteiger partial charge in [0.25, 0.3) is 0 Å². The molecule has 0 aromatic heterocycles. The van der Waals surface area contributed by atoms with Crippen molar-refractivity contribution >= 4 is 5.97 Å². The summed E-state index contributed by atoms with van der Waals surface area (Å²) in [6.45, 7) is 8.80. The van der Waals surface area contributed by atoms with Crippen molar-refractivity contribution in [1.82, 2.24) is 0 Å². The number of hydrogen-bond acceptors (Lipinski definition) is 2. The Labute approximate surface area is 106 Å². The average Bonchev–Trinajstić information content (AvgIpc) is 2.15. The highest BCUT2D eigenvalue weighted by atomic mass is 16.5. The molecule has 0 N–H and O–H groups in total. The van der Waals surface area contributed by atoms with Gasteiger partial charge in [-0.25, -0.2) is 0 Å². The first-order valence-corrected chi connectivity index (χ1v) is 7.06. The molecule has 1 aliphatic rings. The Kier molecular flexibility index (Phi) is 5.48. The second-order valence-electron chi connectivity index (χ2n) is 6.82. The van der Waals surface area contributed by atoms with E-state index in [2.05, 4.69) is 27.7 Å². The molecular formula is C15H28O2. The molecule has 0 aromatic rings. The minimum absolute atomic E-state index is 0.00801. The van der Waals surface area contributed by atoms with Crippen LogP contribution in [0.5, 0.6) is 0 Å². The summed E-state index contributed by atoms with van der Waals surface area (Å²) in [6, 6.07) is 0. The van der Waals surface area contributed by atoms with Gasteiger partial charge in [-0.2, -0.15) is 0 Å². The van der Waals surface area contributed by atoms with Crippen molar-refractivity contribution in [3.63, 3.8) is 0 Å². The highest BCUT2D eigenvalue weighted by Gasteiger charge is 2.21. The van der Waals surface area contributed by atoms with Crippen molar-refractivity contribution in [2.24, 2.45) is 11.3 Å². The Bertz CT molecular complexity index is 234. The fraction of sp³-hybridized carbons (Fsp3) is 0.933. The number of rotatable bonds is 4. The lowest BCUT2D eigenvalue weighted by molar-refractivity contribution is -0.151. The van der Waals surface area contributed by atoms with Crippen LogP contribution in [0.4, 0.5) is 0 Å². The first kappa shape index (κ1) is 14.5. The monoisotopic (exact) mass is 240 g/mol. The van der Waals surface area contributed by atoms with Crippen molar-refractivity contribution in [3.05, 3.63) is 0 Å². The Hall–Kier alpha value is -0.530. The van der Waals surface area contributed by atoms with E-state index in [4.69, 9.17) is 4.74 Å². The predicted molar refractivity (Wildman–Crippen MR) is 70.8 cm³/mol. The molecule has 0 radical (unpaired) electrons. The van der Waals surface area contributed by atoms with Gasteiger partial charge in [-0.1, -0.05) is 34.1 Å². The molecule has 17 heavy (non-hydrogen) atoms. The summed E-state index contributed by atoms with van der Waals surface area (Å²) in [7, 11) is 0. The van der Waals surface area contributed by atoms with E-state index in [-0.39, 0.29) is 12.1 Å². The third-order valence-electron chi connectivity index (χ3n) is 3.33. The van der Waals surface area contributed by atoms with Gasteiger partial charge in [0.05, 0.1) is 0 Å². The molecule has 0 saturated heterocycles. The van der Waals surface area contributed by atoms with Crippen molar-refractivity contribution in [2.75, 3.05) is 0 Å². The van der Waals surface area contributed by atoms with Crippen LogP contribution in [0.1, 0.15) is 72.6 Å². The van der Waals surface area contributed by atoms with Gasteiger partial charge in [-0.3, -0.25) is 4.79 Å². The number of carbonyl (C=O) groups is 1. The van der Waals surface area contributed by atoms with Crippen LogP contribution in [0.3, 0.4) is 0 Å². The van der Waals surface area contributed by atoms with Gasteiger partial charge >= 0.3 is 5.97 Å². The average molecular weight is 240 g/mol. The molecule has 0 spiro atoms. The molecule has 0 heterocycles. The quantitative estimate of drug-likeness (QED) is 0.684. The maximum Gasteiger partial charge on any atom is 0.306 e. The van der Waals surface area contributed by atoms with E-state index in [1.54, 1.807) is 0 Å². The van der Waals surface area contributed by atoms with E-state index in [0.29, 0.717) is 17.8 Å². The van der Waals surface area contributed by atoms with Crippen molar-refractivity contribution in [1.29, 1.82) is 0 Å². The van der Waals surface area contributed by atoms with E-state index in [0.717, 1.165) is 19.3 Å². The molecule has 100 valence electrons. The van der Waals surface area contributed by atoms with Gasteiger partial charge in [0.2, 0.25) is 0 Å². The third-order valence-corrected chi connectivity index (χ3v) is 3.33. The summed E-state index contributed by atoms with van der Waals surface area (Å²) >= 11 is 0. The number of esters is 1. The SMILES string of the molecule is CC(CC(=O)OC1CCCCC1)CC(C)(C)C. The summed E-state index contributed by atoms with van der Waals surface area (Å²) in [5, 5.41) is 0. The Morgan fingerprint density at radius 2 is 1.82 bits per heavy atom. The molecule has 1 unspecified atom stereocenters. The summed E-state index contributed by atoms with van der Waals surface area (Å²) in [5.41, 5.74) is 0.296. The van der Waals surface area contributed by atoms with Crippen LogP contribution in [0, 0.1) is 11.3 Å². The molecule has 2 nitrogen and oxygen atoms in total. The Morgan fingerprint density at radius 3 is 2.35 bits per heavy atom. The van der Waals surface area contributed by atoms with Crippen LogP contribution in [0.15, 0.2) is 0 Å². The molecule has 1 rings (SSSR count). The molecule has 1 fully saturated rings. The van der Waals surface area contributed by atoms with Crippen LogP contribution in [0.25, 0.3) is 0 Å². The van der Waals surface area contributed by atoms with Gasteiger partial charge in [-0.05, 0) is 43.4 Å². The molecular weight excluding hydrogens is 212 g/mol. The first-order valence-electron chi connectivity index (χ1n) is 7.06. The highest BCUT2D eigenvalue weighted by Crippen LogP contribution is 2.27. The van der Waals surface area contributed by atoms with E-state index >= 15 is 0 Å². The maximum absolute atomic E-state index is 11.8. The lowest BCUT2D eigenvalue weighted by Gasteiger charge is -2.25. The number of ether oxygens (including phenoxy) is 1. The lowest BCUT2D eigenvalue weighted by atomic mass is 9.84. The molecule has 1 atom stereocenters. The summed E-state index contributed by atoms with van der Waals surface area (Å²) < 4.78 is 5.54. The van der Waals surface area contributed by atoms with Crippen molar-refractivity contribution < 1.29 is 9.53 Å². The predicted octanol–water partition coefficient (Wildman–Crippen LogP) is 4.32. The Balaban J connectivity index is 2.23. The second kappa shape index (κ2) is 6.42. The van der Waals surface area contributed by atoms with E-state index < -0.39 is 0 Å². The molecule has 0 bridgehead atoms. The van der Waals surface area contributed by atoms with Gasteiger partial charge in [0, 0.05) is 6.42 Å². The molecule has 0 aromatic carbocycles. The van der Waals surface area contributed by atoms with Crippen LogP contribution in [0.2, 0.25) is 0 Å². The normalized spacial score (nSPS) is 20.0. The van der Waals surface area contributed by atoms with Crippen LogP contribution < -0.4 is 0 Å². The zero-order valence-electron chi connectivity index (χ0n) is 11.9.